The van der Waals surface area contributed by atoms with Crippen LogP contribution in [0.25, 0.3) is 0 Å². The molecule has 76 valence electrons. The summed E-state index contributed by atoms with van der Waals surface area (Å²) in [4.78, 5) is 2.40. The molecule has 1 atom stereocenters. The Balaban J connectivity index is 2.26. The van der Waals surface area contributed by atoms with Gasteiger partial charge in [0.25, 0.3) is 0 Å². The van der Waals surface area contributed by atoms with Crippen molar-refractivity contribution in [2.45, 2.75) is 19.4 Å². The Morgan fingerprint density at radius 3 is 3.15 bits per heavy atom. The van der Waals surface area contributed by atoms with E-state index < -0.39 is 0 Å². The first-order chi connectivity index (χ1) is 6.33. The van der Waals surface area contributed by atoms with Crippen molar-refractivity contribution in [3.8, 4) is 0 Å². The smallest absolute Gasteiger partial charge is 0.0674 e. The molecule has 0 aromatic heterocycles. The Bertz CT molecular complexity index is 161. The van der Waals surface area contributed by atoms with Crippen LogP contribution in [0, 0.1) is 0 Å². The molecule has 1 aliphatic heterocycles. The maximum atomic E-state index is 5.55. The summed E-state index contributed by atoms with van der Waals surface area (Å²) in [6.45, 7) is 6.20. The molecule has 0 radical (unpaired) electrons. The highest BCUT2D eigenvalue weighted by Crippen LogP contribution is 2.04. The Labute approximate surface area is 85.5 Å². The lowest BCUT2D eigenvalue weighted by atomic mass is 10.3. The van der Waals surface area contributed by atoms with Gasteiger partial charge in [-0.15, -0.1) is 11.6 Å². The second kappa shape index (κ2) is 6.41. The van der Waals surface area contributed by atoms with E-state index in [2.05, 4.69) is 17.9 Å². The number of alkyl halides is 1. The number of ether oxygens (including phenoxy) is 1. The number of hydrogen-bond donors (Lipinski definition) is 0. The lowest BCUT2D eigenvalue weighted by molar-refractivity contribution is 0.0692. The number of rotatable bonds is 3. The van der Waals surface area contributed by atoms with Crippen molar-refractivity contribution in [2.24, 2.45) is 0 Å². The standard InChI is InChI=1S/C10H18ClNO/c1-10-9-12(6-3-2-5-11)7-4-8-13-10/h2-3,10H,4-9H2,1H3. The fourth-order valence-corrected chi connectivity index (χ4v) is 1.66. The third-order valence-corrected chi connectivity index (χ3v) is 2.33. The van der Waals surface area contributed by atoms with Crippen LogP contribution in [0.4, 0.5) is 0 Å². The molecule has 1 heterocycles. The maximum absolute atomic E-state index is 5.55. The molecule has 0 amide bonds. The maximum Gasteiger partial charge on any atom is 0.0674 e. The molecule has 2 nitrogen and oxygen atoms in total. The van der Waals surface area contributed by atoms with Crippen LogP contribution in [-0.2, 0) is 4.74 Å². The Morgan fingerprint density at radius 1 is 1.54 bits per heavy atom. The summed E-state index contributed by atoms with van der Waals surface area (Å²) >= 11 is 5.55. The quantitative estimate of drug-likeness (QED) is 0.513. The molecule has 13 heavy (non-hydrogen) atoms. The topological polar surface area (TPSA) is 12.5 Å². The molecule has 0 N–H and O–H groups in total. The Kier molecular flexibility index (Phi) is 5.44. The van der Waals surface area contributed by atoms with Crippen LogP contribution < -0.4 is 0 Å². The molecule has 1 aliphatic rings. The fraction of sp³-hybridized carbons (Fsp3) is 0.800. The third-order valence-electron chi connectivity index (χ3n) is 2.16. The fourth-order valence-electron chi connectivity index (χ4n) is 1.53. The molecule has 1 unspecified atom stereocenters. The van der Waals surface area contributed by atoms with Gasteiger partial charge in [0.1, 0.15) is 0 Å². The zero-order chi connectivity index (χ0) is 9.52. The first-order valence-electron chi connectivity index (χ1n) is 4.88. The lowest BCUT2D eigenvalue weighted by Gasteiger charge is -2.19. The van der Waals surface area contributed by atoms with E-state index in [1.807, 2.05) is 6.08 Å². The lowest BCUT2D eigenvalue weighted by Crippen LogP contribution is -2.30. The highest BCUT2D eigenvalue weighted by molar-refractivity contribution is 6.18. The minimum absolute atomic E-state index is 0.368. The van der Waals surface area contributed by atoms with Crippen LogP contribution in [0.1, 0.15) is 13.3 Å². The second-order valence-electron chi connectivity index (χ2n) is 3.42. The first-order valence-corrected chi connectivity index (χ1v) is 5.41. The van der Waals surface area contributed by atoms with Gasteiger partial charge in [-0.25, -0.2) is 0 Å². The molecule has 1 rings (SSSR count). The van der Waals surface area contributed by atoms with Gasteiger partial charge in [0.2, 0.25) is 0 Å². The second-order valence-corrected chi connectivity index (χ2v) is 3.73. The SMILES string of the molecule is CC1CN(CC=CCCl)CCCO1. The van der Waals surface area contributed by atoms with Crippen molar-refractivity contribution in [2.75, 3.05) is 32.1 Å². The predicted octanol–water partition coefficient (Wildman–Crippen LogP) is 1.89. The van der Waals surface area contributed by atoms with E-state index in [1.165, 1.54) is 0 Å². The number of allylic oxidation sites excluding steroid dienone is 1. The normalized spacial score (nSPS) is 26.5. The zero-order valence-electron chi connectivity index (χ0n) is 8.21. The molecule has 3 heteroatoms. The molecule has 0 spiro atoms. The van der Waals surface area contributed by atoms with Gasteiger partial charge in [-0.2, -0.15) is 0 Å². The molecule has 1 fully saturated rings. The summed E-state index contributed by atoms with van der Waals surface area (Å²) in [7, 11) is 0. The van der Waals surface area contributed by atoms with E-state index in [0.717, 1.165) is 32.7 Å². The summed E-state index contributed by atoms with van der Waals surface area (Å²) in [5.74, 6) is 0.611. The number of halogens is 1. The minimum atomic E-state index is 0.368. The highest BCUT2D eigenvalue weighted by Gasteiger charge is 2.12. The molecular weight excluding hydrogens is 186 g/mol. The van der Waals surface area contributed by atoms with Gasteiger partial charge in [0, 0.05) is 32.1 Å². The van der Waals surface area contributed by atoms with Crippen LogP contribution in [0.2, 0.25) is 0 Å². The van der Waals surface area contributed by atoms with Crippen LogP contribution >= 0.6 is 11.6 Å². The van der Waals surface area contributed by atoms with Gasteiger partial charge in [-0.1, -0.05) is 12.2 Å². The van der Waals surface area contributed by atoms with E-state index in [9.17, 15) is 0 Å². The van der Waals surface area contributed by atoms with E-state index in [-0.39, 0.29) is 0 Å². The number of hydrogen-bond acceptors (Lipinski definition) is 2. The highest BCUT2D eigenvalue weighted by atomic mass is 35.5. The molecule has 0 aromatic carbocycles. The predicted molar refractivity (Wildman–Crippen MR) is 56.3 cm³/mol. The molecule has 0 aromatic rings. The summed E-state index contributed by atoms with van der Waals surface area (Å²) in [6.07, 6.45) is 5.63. The van der Waals surface area contributed by atoms with Gasteiger partial charge in [0.05, 0.1) is 6.10 Å². The van der Waals surface area contributed by atoms with Crippen molar-refractivity contribution in [1.82, 2.24) is 4.90 Å². The van der Waals surface area contributed by atoms with Crippen molar-refractivity contribution in [1.29, 1.82) is 0 Å². The molecular formula is C10H18ClNO. The van der Waals surface area contributed by atoms with Crippen LogP contribution in [-0.4, -0.2) is 43.1 Å². The van der Waals surface area contributed by atoms with E-state index in [0.29, 0.717) is 12.0 Å². The van der Waals surface area contributed by atoms with Crippen molar-refractivity contribution < 1.29 is 4.74 Å². The summed E-state index contributed by atoms with van der Waals surface area (Å²) in [6, 6.07) is 0. The zero-order valence-corrected chi connectivity index (χ0v) is 8.96. The molecule has 0 saturated carbocycles. The first kappa shape index (κ1) is 11.0. The van der Waals surface area contributed by atoms with Gasteiger partial charge in [-0.05, 0) is 13.3 Å². The van der Waals surface area contributed by atoms with Crippen LogP contribution in [0.3, 0.4) is 0 Å². The summed E-state index contributed by atoms with van der Waals surface area (Å²) < 4.78 is 5.55. The molecule has 1 saturated heterocycles. The summed E-state index contributed by atoms with van der Waals surface area (Å²) in [5.41, 5.74) is 0. The van der Waals surface area contributed by atoms with Crippen molar-refractivity contribution >= 4 is 11.6 Å². The third kappa shape index (κ3) is 4.65. The number of nitrogens with zero attached hydrogens (tertiary/aromatic N) is 1. The molecule has 0 bridgehead atoms. The van der Waals surface area contributed by atoms with Crippen molar-refractivity contribution in [3.63, 3.8) is 0 Å². The van der Waals surface area contributed by atoms with Gasteiger partial charge in [-0.3, -0.25) is 4.90 Å². The van der Waals surface area contributed by atoms with E-state index >= 15 is 0 Å². The van der Waals surface area contributed by atoms with Gasteiger partial charge < -0.3 is 4.74 Å². The van der Waals surface area contributed by atoms with Crippen LogP contribution in [0.15, 0.2) is 12.2 Å². The minimum Gasteiger partial charge on any atom is -0.377 e. The van der Waals surface area contributed by atoms with Gasteiger partial charge in [0.15, 0.2) is 0 Å². The van der Waals surface area contributed by atoms with Crippen LogP contribution in [0.5, 0.6) is 0 Å². The monoisotopic (exact) mass is 203 g/mol. The Hall–Kier alpha value is -0.0500. The average molecular weight is 204 g/mol. The van der Waals surface area contributed by atoms with E-state index in [4.69, 9.17) is 16.3 Å². The van der Waals surface area contributed by atoms with Crippen molar-refractivity contribution in [3.05, 3.63) is 12.2 Å². The van der Waals surface area contributed by atoms with Gasteiger partial charge >= 0.3 is 0 Å². The Morgan fingerprint density at radius 2 is 2.38 bits per heavy atom. The molecule has 0 aliphatic carbocycles. The summed E-state index contributed by atoms with van der Waals surface area (Å²) in [5, 5.41) is 0. The van der Waals surface area contributed by atoms with E-state index in [1.54, 1.807) is 0 Å². The largest absolute Gasteiger partial charge is 0.377 e. The average Bonchev–Trinajstić information content (AvgIpc) is 2.31.